The fraction of sp³-hybridized carbons (Fsp3) is 0.500. The Morgan fingerprint density at radius 3 is 2.68 bits per heavy atom. The van der Waals surface area contributed by atoms with Crippen molar-refractivity contribution < 1.29 is 14.3 Å². The average Bonchev–Trinajstić information content (AvgIpc) is 3.19. The number of carbonyl (C=O) groups is 2. The van der Waals surface area contributed by atoms with Gasteiger partial charge in [0, 0.05) is 5.92 Å². The number of nitrogens with one attached hydrogen (secondary N) is 2. The van der Waals surface area contributed by atoms with Crippen LogP contribution >= 0.6 is 0 Å². The van der Waals surface area contributed by atoms with Gasteiger partial charge in [-0.25, -0.2) is 4.98 Å². The number of hydrogen-bond acceptors (Lipinski definition) is 5. The number of carbonyl (C=O) groups excluding carboxylic acids is 2. The number of H-pyrrole nitrogens is 1. The van der Waals surface area contributed by atoms with Crippen molar-refractivity contribution in [2.75, 3.05) is 13.7 Å². The van der Waals surface area contributed by atoms with Gasteiger partial charge >= 0.3 is 5.97 Å². The zero-order chi connectivity index (χ0) is 14.0. The number of hydrogen-bond donors (Lipinski definition) is 2. The molecule has 2 rings (SSSR count). The number of nitrogens with zero attached hydrogens (tertiary/aromatic N) is 1. The Bertz CT molecular complexity index is 575. The van der Waals surface area contributed by atoms with Crippen LogP contribution in [0, 0.1) is 6.92 Å². The fourth-order valence-corrected chi connectivity index (χ4v) is 1.74. The van der Waals surface area contributed by atoms with Gasteiger partial charge in [0.15, 0.2) is 0 Å². The minimum Gasteiger partial charge on any atom is -0.468 e. The number of ether oxygens (including phenoxy) is 1. The number of esters is 1. The van der Waals surface area contributed by atoms with Gasteiger partial charge < -0.3 is 15.0 Å². The molecule has 0 unspecified atom stereocenters. The third-order valence-corrected chi connectivity index (χ3v) is 2.93. The van der Waals surface area contributed by atoms with Crippen LogP contribution in [0.25, 0.3) is 0 Å². The molecular weight excluding hydrogens is 250 g/mol. The standard InChI is InChI=1S/C12H15N3O4/c1-6-9(11(17)13-5-8(16)19-2)12(18)15-10(14-6)7-3-4-7/h7H,3-5H2,1-2H3,(H,13,17)(H,14,15,18). The van der Waals surface area contributed by atoms with Gasteiger partial charge in [-0.05, 0) is 19.8 Å². The molecule has 0 radical (unpaired) electrons. The van der Waals surface area contributed by atoms with Crippen molar-refractivity contribution in [1.29, 1.82) is 0 Å². The Labute approximate surface area is 109 Å². The molecule has 7 nitrogen and oxygen atoms in total. The number of amides is 1. The number of methoxy groups -OCH3 is 1. The van der Waals surface area contributed by atoms with Crippen molar-refractivity contribution >= 4 is 11.9 Å². The first-order chi connectivity index (χ1) is 9.02. The summed E-state index contributed by atoms with van der Waals surface area (Å²) in [4.78, 5) is 41.5. The Morgan fingerprint density at radius 1 is 1.47 bits per heavy atom. The van der Waals surface area contributed by atoms with Crippen LogP contribution in [0.5, 0.6) is 0 Å². The van der Waals surface area contributed by atoms with E-state index >= 15 is 0 Å². The van der Waals surface area contributed by atoms with E-state index in [1.165, 1.54) is 7.11 Å². The van der Waals surface area contributed by atoms with Crippen molar-refractivity contribution in [1.82, 2.24) is 15.3 Å². The highest BCUT2D eigenvalue weighted by Gasteiger charge is 2.28. The molecule has 1 saturated carbocycles. The van der Waals surface area contributed by atoms with Gasteiger partial charge in [0.2, 0.25) is 0 Å². The maximum Gasteiger partial charge on any atom is 0.325 e. The molecule has 0 saturated heterocycles. The lowest BCUT2D eigenvalue weighted by atomic mass is 10.2. The fourth-order valence-electron chi connectivity index (χ4n) is 1.74. The summed E-state index contributed by atoms with van der Waals surface area (Å²) >= 11 is 0. The van der Waals surface area contributed by atoms with Crippen molar-refractivity contribution in [3.05, 3.63) is 27.4 Å². The Kier molecular flexibility index (Phi) is 3.64. The van der Waals surface area contributed by atoms with Crippen LogP contribution in [0.1, 0.15) is 40.6 Å². The Hall–Kier alpha value is -2.18. The van der Waals surface area contributed by atoms with Crippen LogP contribution in [0.4, 0.5) is 0 Å². The molecule has 1 amide bonds. The monoisotopic (exact) mass is 265 g/mol. The van der Waals surface area contributed by atoms with E-state index in [1.54, 1.807) is 6.92 Å². The highest BCUT2D eigenvalue weighted by molar-refractivity contribution is 5.96. The summed E-state index contributed by atoms with van der Waals surface area (Å²) in [6.07, 6.45) is 2.02. The van der Waals surface area contributed by atoms with Gasteiger partial charge in [0.05, 0.1) is 12.8 Å². The lowest BCUT2D eigenvalue weighted by molar-refractivity contribution is -0.139. The topological polar surface area (TPSA) is 101 Å². The summed E-state index contributed by atoms with van der Waals surface area (Å²) in [6, 6.07) is 0. The van der Waals surface area contributed by atoms with E-state index in [1.807, 2.05) is 0 Å². The Balaban J connectivity index is 2.17. The molecule has 7 heteroatoms. The van der Waals surface area contributed by atoms with Crippen molar-refractivity contribution in [2.24, 2.45) is 0 Å². The number of aromatic amines is 1. The second-order valence-corrected chi connectivity index (χ2v) is 4.44. The molecule has 1 aromatic heterocycles. The van der Waals surface area contributed by atoms with Crippen LogP contribution < -0.4 is 10.9 Å². The third kappa shape index (κ3) is 2.98. The van der Waals surface area contributed by atoms with E-state index in [0.717, 1.165) is 12.8 Å². The van der Waals surface area contributed by atoms with E-state index < -0.39 is 17.4 Å². The van der Waals surface area contributed by atoms with E-state index in [4.69, 9.17) is 0 Å². The molecule has 1 heterocycles. The average molecular weight is 265 g/mol. The summed E-state index contributed by atoms with van der Waals surface area (Å²) in [7, 11) is 1.22. The van der Waals surface area contributed by atoms with Gasteiger partial charge in [-0.2, -0.15) is 0 Å². The normalized spacial score (nSPS) is 14.0. The van der Waals surface area contributed by atoms with E-state index in [0.29, 0.717) is 17.4 Å². The van der Waals surface area contributed by atoms with Gasteiger partial charge in [0.1, 0.15) is 17.9 Å². The summed E-state index contributed by atoms with van der Waals surface area (Å²) in [5.74, 6) is -0.269. The smallest absolute Gasteiger partial charge is 0.325 e. The van der Waals surface area contributed by atoms with E-state index in [-0.39, 0.29) is 12.1 Å². The molecule has 0 aliphatic heterocycles. The van der Waals surface area contributed by atoms with Crippen LogP contribution in [0.2, 0.25) is 0 Å². The molecule has 2 N–H and O–H groups in total. The summed E-state index contributed by atoms with van der Waals surface area (Å²) < 4.78 is 4.40. The first-order valence-corrected chi connectivity index (χ1v) is 5.98. The largest absolute Gasteiger partial charge is 0.468 e. The molecule has 0 aromatic carbocycles. The van der Waals surface area contributed by atoms with Crippen molar-refractivity contribution in [3.63, 3.8) is 0 Å². The third-order valence-electron chi connectivity index (χ3n) is 2.93. The molecule has 0 bridgehead atoms. The maximum atomic E-state index is 11.9. The predicted molar refractivity (Wildman–Crippen MR) is 65.9 cm³/mol. The molecule has 1 aliphatic carbocycles. The van der Waals surface area contributed by atoms with Gasteiger partial charge in [-0.3, -0.25) is 14.4 Å². The van der Waals surface area contributed by atoms with Gasteiger partial charge in [-0.1, -0.05) is 0 Å². The first-order valence-electron chi connectivity index (χ1n) is 5.98. The van der Waals surface area contributed by atoms with E-state index in [9.17, 15) is 14.4 Å². The first kappa shape index (κ1) is 13.3. The van der Waals surface area contributed by atoms with E-state index in [2.05, 4.69) is 20.0 Å². The summed E-state index contributed by atoms with van der Waals surface area (Å²) in [5, 5.41) is 2.32. The molecule has 0 spiro atoms. The minimum absolute atomic E-state index is 0.0618. The quantitative estimate of drug-likeness (QED) is 0.738. The zero-order valence-corrected chi connectivity index (χ0v) is 10.8. The lowest BCUT2D eigenvalue weighted by Gasteiger charge is -2.07. The number of rotatable bonds is 4. The predicted octanol–water partition coefficient (Wildman–Crippen LogP) is -0.141. The summed E-state index contributed by atoms with van der Waals surface area (Å²) in [5.41, 5.74) is -0.168. The van der Waals surface area contributed by atoms with Gasteiger partial charge in [0.25, 0.3) is 11.5 Å². The zero-order valence-electron chi connectivity index (χ0n) is 10.8. The molecule has 0 atom stereocenters. The molecule has 1 fully saturated rings. The highest BCUT2D eigenvalue weighted by Crippen LogP contribution is 2.37. The summed E-state index contributed by atoms with van der Waals surface area (Å²) in [6.45, 7) is 1.33. The second-order valence-electron chi connectivity index (χ2n) is 4.44. The Morgan fingerprint density at radius 2 is 2.16 bits per heavy atom. The van der Waals surface area contributed by atoms with Crippen LogP contribution in [-0.2, 0) is 9.53 Å². The van der Waals surface area contributed by atoms with Crippen LogP contribution in [-0.4, -0.2) is 35.5 Å². The maximum absolute atomic E-state index is 11.9. The molecule has 19 heavy (non-hydrogen) atoms. The van der Waals surface area contributed by atoms with Crippen molar-refractivity contribution in [3.8, 4) is 0 Å². The minimum atomic E-state index is -0.626. The number of aryl methyl sites for hydroxylation is 1. The number of aromatic nitrogens is 2. The lowest BCUT2D eigenvalue weighted by Crippen LogP contribution is -2.35. The molecule has 1 aromatic rings. The molecular formula is C12H15N3O4. The molecule has 1 aliphatic rings. The highest BCUT2D eigenvalue weighted by atomic mass is 16.5. The SMILES string of the molecule is COC(=O)CNC(=O)c1c(C)nc(C2CC2)[nH]c1=O. The molecule has 102 valence electrons. The second kappa shape index (κ2) is 5.21. The van der Waals surface area contributed by atoms with Crippen molar-refractivity contribution in [2.45, 2.75) is 25.7 Å². The van der Waals surface area contributed by atoms with Crippen LogP contribution in [0.15, 0.2) is 4.79 Å². The van der Waals surface area contributed by atoms with Crippen LogP contribution in [0.3, 0.4) is 0 Å². The van der Waals surface area contributed by atoms with Gasteiger partial charge in [-0.15, -0.1) is 0 Å².